The molecule has 1 amide bonds. The highest BCUT2D eigenvalue weighted by Crippen LogP contribution is 2.31. The van der Waals surface area contributed by atoms with Crippen LogP contribution < -0.4 is 24.3 Å². The lowest BCUT2D eigenvalue weighted by atomic mass is 10.2. The molecule has 2 aromatic carbocycles. The van der Waals surface area contributed by atoms with E-state index in [1.165, 1.54) is 0 Å². The summed E-state index contributed by atoms with van der Waals surface area (Å²) in [4.78, 5) is 16.9. The van der Waals surface area contributed by atoms with Gasteiger partial charge < -0.3 is 28.8 Å². The molecule has 0 aliphatic carbocycles. The van der Waals surface area contributed by atoms with Gasteiger partial charge in [-0.15, -0.1) is 0 Å². The maximum absolute atomic E-state index is 12.6. The van der Waals surface area contributed by atoms with Crippen LogP contribution >= 0.6 is 0 Å². The summed E-state index contributed by atoms with van der Waals surface area (Å²) in [5, 5.41) is 6.74. The van der Waals surface area contributed by atoms with E-state index in [1.54, 1.807) is 63.8 Å². The van der Waals surface area contributed by atoms with Crippen LogP contribution in [0.3, 0.4) is 0 Å². The number of nitrogens with one attached hydrogen (secondary N) is 1. The third-order valence-corrected chi connectivity index (χ3v) is 4.51. The SMILES string of the molecule is CC[C@@H](Oc1cccc(OC)c1)C(=O)NCc1nc(-c2ccc(OC)cc2OC)no1. The predicted octanol–water partition coefficient (Wildman–Crippen LogP) is 3.24. The first-order valence-electron chi connectivity index (χ1n) is 9.71. The molecule has 0 radical (unpaired) electrons. The van der Waals surface area contributed by atoms with Crippen LogP contribution in [0.5, 0.6) is 23.0 Å². The van der Waals surface area contributed by atoms with Crippen molar-refractivity contribution in [3.05, 3.63) is 48.4 Å². The molecular formula is C22H25N3O6. The van der Waals surface area contributed by atoms with Crippen molar-refractivity contribution in [3.8, 4) is 34.4 Å². The molecule has 0 spiro atoms. The van der Waals surface area contributed by atoms with E-state index in [1.807, 2.05) is 6.92 Å². The fourth-order valence-corrected chi connectivity index (χ4v) is 2.86. The van der Waals surface area contributed by atoms with Crippen LogP contribution in [0.4, 0.5) is 0 Å². The van der Waals surface area contributed by atoms with E-state index in [0.29, 0.717) is 40.8 Å². The molecule has 0 saturated heterocycles. The van der Waals surface area contributed by atoms with Crippen LogP contribution in [0, 0.1) is 0 Å². The smallest absolute Gasteiger partial charge is 0.261 e. The first kappa shape index (κ1) is 21.9. The van der Waals surface area contributed by atoms with E-state index < -0.39 is 6.10 Å². The molecule has 9 nitrogen and oxygen atoms in total. The van der Waals surface area contributed by atoms with Crippen LogP contribution in [0.15, 0.2) is 47.0 Å². The topological polar surface area (TPSA) is 105 Å². The summed E-state index contributed by atoms with van der Waals surface area (Å²) < 4.78 is 26.8. The van der Waals surface area contributed by atoms with Crippen molar-refractivity contribution in [2.45, 2.75) is 26.0 Å². The Balaban J connectivity index is 1.63. The van der Waals surface area contributed by atoms with Crippen molar-refractivity contribution in [3.63, 3.8) is 0 Å². The van der Waals surface area contributed by atoms with Crippen molar-refractivity contribution >= 4 is 5.91 Å². The third kappa shape index (κ3) is 5.44. The Morgan fingerprint density at radius 1 is 1.03 bits per heavy atom. The summed E-state index contributed by atoms with van der Waals surface area (Å²) in [7, 11) is 4.70. The Morgan fingerprint density at radius 3 is 2.48 bits per heavy atom. The Hall–Kier alpha value is -3.75. The Morgan fingerprint density at radius 2 is 1.77 bits per heavy atom. The molecule has 0 aliphatic heterocycles. The van der Waals surface area contributed by atoms with Crippen LogP contribution in [0.2, 0.25) is 0 Å². The number of amides is 1. The van der Waals surface area contributed by atoms with Crippen LogP contribution in [-0.2, 0) is 11.3 Å². The molecule has 31 heavy (non-hydrogen) atoms. The lowest BCUT2D eigenvalue weighted by Gasteiger charge is -2.17. The van der Waals surface area contributed by atoms with Gasteiger partial charge >= 0.3 is 0 Å². The van der Waals surface area contributed by atoms with Crippen LogP contribution in [-0.4, -0.2) is 43.5 Å². The number of carbonyl (C=O) groups excluding carboxylic acids is 1. The summed E-state index contributed by atoms with van der Waals surface area (Å²) in [5.74, 6) is 2.73. The van der Waals surface area contributed by atoms with E-state index in [4.69, 9.17) is 23.5 Å². The molecule has 3 rings (SSSR count). The van der Waals surface area contributed by atoms with Gasteiger partial charge in [-0.1, -0.05) is 18.1 Å². The fraction of sp³-hybridized carbons (Fsp3) is 0.318. The number of benzene rings is 2. The number of rotatable bonds is 10. The van der Waals surface area contributed by atoms with Crippen molar-refractivity contribution in [1.29, 1.82) is 0 Å². The van der Waals surface area contributed by atoms with Gasteiger partial charge in [0, 0.05) is 12.1 Å². The minimum atomic E-state index is -0.670. The first-order chi connectivity index (χ1) is 15.1. The van der Waals surface area contributed by atoms with Gasteiger partial charge in [-0.3, -0.25) is 4.79 Å². The van der Waals surface area contributed by atoms with Gasteiger partial charge in [0.05, 0.1) is 33.4 Å². The van der Waals surface area contributed by atoms with Gasteiger partial charge in [0.15, 0.2) is 6.10 Å². The number of carbonyl (C=O) groups is 1. The second kappa shape index (κ2) is 10.3. The number of aromatic nitrogens is 2. The molecule has 0 saturated carbocycles. The number of ether oxygens (including phenoxy) is 4. The normalized spacial score (nSPS) is 11.5. The average Bonchev–Trinajstić information content (AvgIpc) is 3.29. The second-order valence-electron chi connectivity index (χ2n) is 6.49. The molecule has 0 fully saturated rings. The van der Waals surface area contributed by atoms with E-state index in [-0.39, 0.29) is 18.3 Å². The largest absolute Gasteiger partial charge is 0.497 e. The maximum atomic E-state index is 12.6. The number of hydrogen-bond acceptors (Lipinski definition) is 8. The Kier molecular flexibility index (Phi) is 7.31. The maximum Gasteiger partial charge on any atom is 0.261 e. The predicted molar refractivity (Wildman–Crippen MR) is 112 cm³/mol. The van der Waals surface area contributed by atoms with Gasteiger partial charge in [-0.05, 0) is 30.7 Å². The highest BCUT2D eigenvalue weighted by atomic mass is 16.5. The summed E-state index contributed by atoms with van der Waals surface area (Å²) in [6.07, 6.45) is -0.183. The van der Waals surface area contributed by atoms with Crippen molar-refractivity contribution in [2.24, 2.45) is 0 Å². The zero-order valence-corrected chi connectivity index (χ0v) is 17.9. The minimum Gasteiger partial charge on any atom is -0.497 e. The lowest BCUT2D eigenvalue weighted by molar-refractivity contribution is -0.128. The second-order valence-corrected chi connectivity index (χ2v) is 6.49. The zero-order chi connectivity index (χ0) is 22.2. The standard InChI is InChI=1S/C22H25N3O6/c1-5-18(30-16-8-6-7-14(11-16)27-2)22(26)23-13-20-24-21(25-31-20)17-10-9-15(28-3)12-19(17)29-4/h6-12,18H,5,13H2,1-4H3,(H,23,26)/t18-/m1/s1. The molecule has 1 atom stereocenters. The third-order valence-electron chi connectivity index (χ3n) is 4.51. The summed E-state index contributed by atoms with van der Waals surface area (Å²) >= 11 is 0. The van der Waals surface area contributed by atoms with E-state index >= 15 is 0 Å². The van der Waals surface area contributed by atoms with E-state index in [2.05, 4.69) is 15.5 Å². The fourth-order valence-electron chi connectivity index (χ4n) is 2.86. The number of methoxy groups -OCH3 is 3. The van der Waals surface area contributed by atoms with Gasteiger partial charge in [0.25, 0.3) is 5.91 Å². The van der Waals surface area contributed by atoms with Gasteiger partial charge in [-0.25, -0.2) is 0 Å². The molecule has 164 valence electrons. The lowest BCUT2D eigenvalue weighted by Crippen LogP contribution is -2.37. The van der Waals surface area contributed by atoms with Gasteiger partial charge in [0.2, 0.25) is 11.7 Å². The molecule has 3 aromatic rings. The van der Waals surface area contributed by atoms with Crippen molar-refractivity contribution < 1.29 is 28.3 Å². The van der Waals surface area contributed by atoms with Gasteiger partial charge in [-0.2, -0.15) is 4.98 Å². The molecule has 1 N–H and O–H groups in total. The molecule has 1 aromatic heterocycles. The van der Waals surface area contributed by atoms with Gasteiger partial charge in [0.1, 0.15) is 23.0 Å². The highest BCUT2D eigenvalue weighted by molar-refractivity contribution is 5.81. The monoisotopic (exact) mass is 427 g/mol. The van der Waals surface area contributed by atoms with Crippen molar-refractivity contribution in [2.75, 3.05) is 21.3 Å². The number of nitrogens with zero attached hydrogens (tertiary/aromatic N) is 2. The van der Waals surface area contributed by atoms with Crippen molar-refractivity contribution in [1.82, 2.24) is 15.5 Å². The minimum absolute atomic E-state index is 0.0717. The summed E-state index contributed by atoms with van der Waals surface area (Å²) in [5.41, 5.74) is 0.650. The highest BCUT2D eigenvalue weighted by Gasteiger charge is 2.20. The van der Waals surface area contributed by atoms with E-state index in [9.17, 15) is 4.79 Å². The Labute approximate surface area is 180 Å². The number of hydrogen-bond donors (Lipinski definition) is 1. The molecule has 0 aliphatic rings. The molecule has 1 heterocycles. The average molecular weight is 427 g/mol. The zero-order valence-electron chi connectivity index (χ0n) is 17.9. The summed E-state index contributed by atoms with van der Waals surface area (Å²) in [6.45, 7) is 1.94. The quantitative estimate of drug-likeness (QED) is 0.526. The molecule has 0 bridgehead atoms. The summed E-state index contributed by atoms with van der Waals surface area (Å²) in [6, 6.07) is 12.4. The van der Waals surface area contributed by atoms with Crippen LogP contribution in [0.1, 0.15) is 19.2 Å². The van der Waals surface area contributed by atoms with Crippen LogP contribution in [0.25, 0.3) is 11.4 Å². The molecular weight excluding hydrogens is 402 g/mol. The molecule has 9 heteroatoms. The molecule has 0 unspecified atom stereocenters. The Bertz CT molecular complexity index is 1020. The first-order valence-corrected chi connectivity index (χ1v) is 9.71. The van der Waals surface area contributed by atoms with E-state index in [0.717, 1.165) is 0 Å².